The molecule has 0 bridgehead atoms. The van der Waals surface area contributed by atoms with Gasteiger partial charge in [-0.25, -0.2) is 8.42 Å². The fourth-order valence-corrected chi connectivity index (χ4v) is 4.31. The number of hydrogen-bond acceptors (Lipinski definition) is 4. The first-order valence-corrected chi connectivity index (χ1v) is 14.0. The van der Waals surface area contributed by atoms with E-state index in [2.05, 4.69) is 6.92 Å². The van der Waals surface area contributed by atoms with E-state index in [-0.39, 0.29) is 35.7 Å². The van der Waals surface area contributed by atoms with Crippen molar-refractivity contribution in [3.8, 4) is 0 Å². The van der Waals surface area contributed by atoms with E-state index in [1.54, 1.807) is 0 Å². The monoisotopic (exact) mass is 456 g/mol. The molecule has 0 saturated carbocycles. The summed E-state index contributed by atoms with van der Waals surface area (Å²) < 4.78 is 32.4. The summed E-state index contributed by atoms with van der Waals surface area (Å²) >= 11 is 0. The van der Waals surface area contributed by atoms with Crippen molar-refractivity contribution in [1.29, 1.82) is 0 Å². The quantitative estimate of drug-likeness (QED) is 0.151. The molecule has 0 heterocycles. The summed E-state index contributed by atoms with van der Waals surface area (Å²) in [5, 5.41) is 9.30. The van der Waals surface area contributed by atoms with Crippen LogP contribution in [0.5, 0.6) is 0 Å². The molecule has 0 spiro atoms. The predicted octanol–water partition coefficient (Wildman–Crippen LogP) is 4.11. The molecule has 0 saturated heterocycles. The molecule has 30 heavy (non-hydrogen) atoms. The van der Waals surface area contributed by atoms with Crippen molar-refractivity contribution in [2.45, 2.75) is 154 Å². The number of aliphatic hydroxyl groups excluding tert-OH is 1. The van der Waals surface area contributed by atoms with Gasteiger partial charge in [0.25, 0.3) is 0 Å². The normalized spacial score (nSPS) is 13.7. The SMILES string of the molecule is CCCCCCCCC(O)CCCCCCCCCCCCCC(C)S(=O)(=O)[O-].[Na+]. The second-order valence-electron chi connectivity index (χ2n) is 8.98. The Bertz CT molecular complexity index is 442. The van der Waals surface area contributed by atoms with Crippen molar-refractivity contribution in [3.05, 3.63) is 0 Å². The first-order valence-electron chi connectivity index (χ1n) is 12.5. The van der Waals surface area contributed by atoms with Gasteiger partial charge in [-0.3, -0.25) is 0 Å². The molecule has 2 atom stereocenters. The zero-order valence-corrected chi connectivity index (χ0v) is 23.2. The van der Waals surface area contributed by atoms with Crippen LogP contribution in [-0.4, -0.2) is 29.4 Å². The van der Waals surface area contributed by atoms with Gasteiger partial charge in [0.2, 0.25) is 0 Å². The van der Waals surface area contributed by atoms with E-state index in [0.717, 1.165) is 38.5 Å². The Labute approximate surface area is 210 Å². The molecule has 0 fully saturated rings. The van der Waals surface area contributed by atoms with E-state index in [1.165, 1.54) is 90.4 Å². The van der Waals surface area contributed by atoms with Gasteiger partial charge in [-0.15, -0.1) is 0 Å². The van der Waals surface area contributed by atoms with Crippen LogP contribution in [0.4, 0.5) is 0 Å². The van der Waals surface area contributed by atoms with Gasteiger partial charge in [0.15, 0.2) is 0 Å². The van der Waals surface area contributed by atoms with Gasteiger partial charge in [-0.1, -0.05) is 116 Å². The van der Waals surface area contributed by atoms with E-state index in [0.29, 0.717) is 6.42 Å². The Balaban J connectivity index is 0. The number of hydrogen-bond donors (Lipinski definition) is 1. The molecule has 0 rings (SSSR count). The third-order valence-electron chi connectivity index (χ3n) is 6.03. The van der Waals surface area contributed by atoms with Crippen LogP contribution in [0.3, 0.4) is 0 Å². The van der Waals surface area contributed by atoms with Gasteiger partial charge in [-0.05, 0) is 26.2 Å². The number of unbranched alkanes of at least 4 members (excludes halogenated alkanes) is 15. The molecular formula is C24H49NaO4S. The zero-order valence-electron chi connectivity index (χ0n) is 20.4. The molecule has 0 aromatic heterocycles. The summed E-state index contributed by atoms with van der Waals surface area (Å²) in [6.07, 6.45) is 23.2. The van der Waals surface area contributed by atoms with Gasteiger partial charge in [0, 0.05) is 5.25 Å². The molecule has 0 aromatic carbocycles. The van der Waals surface area contributed by atoms with Crippen molar-refractivity contribution in [2.24, 2.45) is 0 Å². The summed E-state index contributed by atoms with van der Waals surface area (Å²) in [6, 6.07) is 0. The second kappa shape index (κ2) is 23.0. The standard InChI is InChI=1S/C24H50O4S.Na/c1-3-4-5-6-15-18-21-24(25)22-19-16-13-11-9-7-8-10-12-14-17-20-23(2)29(26,27)28;/h23-25H,3-22H2,1-2H3,(H,26,27,28);/q;+1/p-1. The topological polar surface area (TPSA) is 77.4 Å². The first-order chi connectivity index (χ1) is 13.9. The molecule has 0 aromatic rings. The van der Waals surface area contributed by atoms with Gasteiger partial charge in [0.1, 0.15) is 0 Å². The van der Waals surface area contributed by atoms with Crippen LogP contribution >= 0.6 is 0 Å². The summed E-state index contributed by atoms with van der Waals surface area (Å²) in [4.78, 5) is 0. The van der Waals surface area contributed by atoms with Gasteiger partial charge in [-0.2, -0.15) is 0 Å². The third kappa shape index (κ3) is 23.5. The van der Waals surface area contributed by atoms with E-state index >= 15 is 0 Å². The summed E-state index contributed by atoms with van der Waals surface area (Å²) in [7, 11) is -4.09. The Morgan fingerprint density at radius 1 is 0.633 bits per heavy atom. The van der Waals surface area contributed by atoms with Crippen LogP contribution in [0.1, 0.15) is 142 Å². The van der Waals surface area contributed by atoms with Crippen molar-refractivity contribution in [2.75, 3.05) is 0 Å². The fraction of sp³-hybridized carbons (Fsp3) is 1.00. The van der Waals surface area contributed by atoms with Crippen molar-refractivity contribution in [1.82, 2.24) is 0 Å². The molecule has 1 N–H and O–H groups in total. The molecule has 0 amide bonds. The maximum absolute atomic E-state index is 10.8. The maximum Gasteiger partial charge on any atom is 1.00 e. The molecule has 2 unspecified atom stereocenters. The summed E-state index contributed by atoms with van der Waals surface area (Å²) in [5.41, 5.74) is 0. The van der Waals surface area contributed by atoms with Crippen LogP contribution < -0.4 is 29.6 Å². The Kier molecular flexibility index (Phi) is 25.4. The Morgan fingerprint density at radius 3 is 1.27 bits per heavy atom. The van der Waals surface area contributed by atoms with Crippen LogP contribution in [0.25, 0.3) is 0 Å². The van der Waals surface area contributed by atoms with Gasteiger partial charge < -0.3 is 9.66 Å². The van der Waals surface area contributed by atoms with Crippen LogP contribution in [0.15, 0.2) is 0 Å². The average Bonchev–Trinajstić information content (AvgIpc) is 2.67. The first kappa shape index (κ1) is 33.0. The zero-order chi connectivity index (χ0) is 21.8. The summed E-state index contributed by atoms with van der Waals surface area (Å²) in [5.74, 6) is 0. The van der Waals surface area contributed by atoms with E-state index < -0.39 is 15.4 Å². The Morgan fingerprint density at radius 2 is 0.933 bits per heavy atom. The third-order valence-corrected chi connectivity index (χ3v) is 7.25. The molecule has 0 radical (unpaired) electrons. The van der Waals surface area contributed by atoms with E-state index in [1.807, 2.05) is 0 Å². The molecule has 6 heteroatoms. The van der Waals surface area contributed by atoms with E-state index in [9.17, 15) is 18.1 Å². The molecular weight excluding hydrogens is 407 g/mol. The van der Waals surface area contributed by atoms with Gasteiger partial charge >= 0.3 is 29.6 Å². The minimum absolute atomic E-state index is 0. The van der Waals surface area contributed by atoms with Crippen molar-refractivity contribution in [3.63, 3.8) is 0 Å². The fourth-order valence-electron chi connectivity index (χ4n) is 3.85. The van der Waals surface area contributed by atoms with Crippen LogP contribution in [0, 0.1) is 0 Å². The van der Waals surface area contributed by atoms with Crippen molar-refractivity contribution < 1.29 is 47.6 Å². The predicted molar refractivity (Wildman–Crippen MR) is 123 cm³/mol. The number of aliphatic hydroxyl groups is 1. The molecule has 0 aliphatic carbocycles. The minimum atomic E-state index is -4.09. The largest absolute Gasteiger partial charge is 1.00 e. The van der Waals surface area contributed by atoms with E-state index in [4.69, 9.17) is 0 Å². The smallest absolute Gasteiger partial charge is 0.748 e. The average molecular weight is 457 g/mol. The Hall–Kier alpha value is 0.870. The molecule has 4 nitrogen and oxygen atoms in total. The molecule has 0 aliphatic heterocycles. The number of rotatable bonds is 22. The summed E-state index contributed by atoms with van der Waals surface area (Å²) in [6.45, 7) is 3.75. The molecule has 176 valence electrons. The minimum Gasteiger partial charge on any atom is -0.748 e. The van der Waals surface area contributed by atoms with Crippen molar-refractivity contribution >= 4 is 10.1 Å². The van der Waals surface area contributed by atoms with Crippen LogP contribution in [-0.2, 0) is 10.1 Å². The second-order valence-corrected chi connectivity index (χ2v) is 10.8. The van der Waals surface area contributed by atoms with Gasteiger partial charge in [0.05, 0.1) is 16.2 Å². The maximum atomic E-state index is 10.8. The van der Waals surface area contributed by atoms with Crippen LogP contribution in [0.2, 0.25) is 0 Å². The molecule has 0 aliphatic rings.